The maximum atomic E-state index is 6.56. The van der Waals surface area contributed by atoms with Crippen LogP contribution in [0.3, 0.4) is 0 Å². The molecule has 0 fully saturated rings. The van der Waals surface area contributed by atoms with Crippen molar-refractivity contribution in [3.63, 3.8) is 0 Å². The minimum absolute atomic E-state index is 0.903. The van der Waals surface area contributed by atoms with Gasteiger partial charge >= 0.3 is 0 Å². The normalized spacial score (nSPS) is 12.1. The third kappa shape index (κ3) is 4.48. The minimum atomic E-state index is 0.903. The first-order valence-corrected chi connectivity index (χ1v) is 20.0. The van der Waals surface area contributed by atoms with Crippen LogP contribution in [0.1, 0.15) is 0 Å². The Morgan fingerprint density at radius 1 is 0.293 bits per heavy atom. The predicted octanol–water partition coefficient (Wildman–Crippen LogP) is 16.2. The van der Waals surface area contributed by atoms with Crippen LogP contribution in [0.15, 0.2) is 205 Å². The van der Waals surface area contributed by atoms with Gasteiger partial charge < -0.3 is 9.32 Å². The molecule has 12 aromatic carbocycles. The molecule has 2 heteroatoms. The van der Waals surface area contributed by atoms with E-state index in [0.29, 0.717) is 0 Å². The third-order valence-corrected chi connectivity index (χ3v) is 12.5. The summed E-state index contributed by atoms with van der Waals surface area (Å²) in [5, 5.41) is 19.9. The van der Waals surface area contributed by atoms with Crippen LogP contribution in [-0.2, 0) is 0 Å². The standard InChI is InChI=1S/C56H33NO/c1-2-11-38-30-42(29-28-34(38)10-1)57(41-16-5-15-39(31-41)44-18-9-22-49-45-17-3-4-23-51(45)58-56(44)49)43-32-40-27-26-37-13-7-20-47-46-19-6-12-35-24-25-36-14-8-21-48(54(36)52(35)46)50(33-43)55(40)53(37)47/h1-33H. The molecule has 58 heavy (non-hydrogen) atoms. The van der Waals surface area contributed by atoms with E-state index in [1.165, 1.54) is 75.4 Å². The Morgan fingerprint density at radius 2 is 0.810 bits per heavy atom. The van der Waals surface area contributed by atoms with Gasteiger partial charge in [0.25, 0.3) is 0 Å². The van der Waals surface area contributed by atoms with Crippen LogP contribution in [0, 0.1) is 0 Å². The summed E-state index contributed by atoms with van der Waals surface area (Å²) in [5.41, 5.74) is 7.27. The van der Waals surface area contributed by atoms with Crippen molar-refractivity contribution in [3.05, 3.63) is 200 Å². The Morgan fingerprint density at radius 3 is 1.57 bits per heavy atom. The molecule has 1 aromatic heterocycles. The highest BCUT2D eigenvalue weighted by Gasteiger charge is 2.21. The minimum Gasteiger partial charge on any atom is -0.455 e. The Labute approximate surface area is 333 Å². The van der Waals surface area contributed by atoms with E-state index in [0.717, 1.165) is 50.1 Å². The highest BCUT2D eigenvalue weighted by molar-refractivity contribution is 6.37. The fourth-order valence-electron chi connectivity index (χ4n) is 9.95. The van der Waals surface area contributed by atoms with Crippen LogP contribution < -0.4 is 4.90 Å². The topological polar surface area (TPSA) is 16.4 Å². The number of nitrogens with zero attached hydrogens (tertiary/aromatic N) is 1. The van der Waals surface area contributed by atoms with Gasteiger partial charge in [-0.1, -0.05) is 158 Å². The molecule has 0 amide bonds. The summed E-state index contributed by atoms with van der Waals surface area (Å²) in [5.74, 6) is 0. The van der Waals surface area contributed by atoms with Gasteiger partial charge in [-0.15, -0.1) is 0 Å². The molecule has 0 aliphatic carbocycles. The Kier molecular flexibility index (Phi) is 6.47. The van der Waals surface area contributed by atoms with Gasteiger partial charge in [0.1, 0.15) is 11.2 Å². The molecule has 0 unspecified atom stereocenters. The number of fused-ring (bicyclic) bond motifs is 6. The van der Waals surface area contributed by atoms with Gasteiger partial charge in [-0.2, -0.15) is 0 Å². The number of hydrogen-bond acceptors (Lipinski definition) is 2. The molecule has 0 radical (unpaired) electrons. The lowest BCUT2D eigenvalue weighted by Gasteiger charge is -2.27. The fraction of sp³-hybridized carbons (Fsp3) is 0. The van der Waals surface area contributed by atoms with Gasteiger partial charge in [0, 0.05) is 33.4 Å². The average molecular weight is 736 g/mol. The molecular formula is C56H33NO. The van der Waals surface area contributed by atoms with Crippen molar-refractivity contribution in [1.82, 2.24) is 0 Å². The molecule has 0 atom stereocenters. The Balaban J connectivity index is 1.14. The Hall–Kier alpha value is -7.68. The van der Waals surface area contributed by atoms with Crippen molar-refractivity contribution in [1.29, 1.82) is 0 Å². The van der Waals surface area contributed by atoms with Crippen molar-refractivity contribution >= 4 is 114 Å². The Bertz CT molecular complexity index is 3810. The molecule has 0 bridgehead atoms. The van der Waals surface area contributed by atoms with Crippen molar-refractivity contribution in [2.45, 2.75) is 0 Å². The van der Waals surface area contributed by atoms with E-state index in [4.69, 9.17) is 4.42 Å². The molecule has 13 aromatic rings. The van der Waals surface area contributed by atoms with Crippen molar-refractivity contribution in [2.24, 2.45) is 0 Å². The number of para-hydroxylation sites is 2. The SMILES string of the molecule is c1cc(-c2cccc3c2oc2ccccc23)cc(N(c2ccc3ccccc3c2)c2cc3ccc4cccc5c6cccc7ccc8cccc(c(c2)c3c45)c8c76)c1. The molecule has 0 N–H and O–H groups in total. The summed E-state index contributed by atoms with van der Waals surface area (Å²) >= 11 is 0. The highest BCUT2D eigenvalue weighted by atomic mass is 16.3. The summed E-state index contributed by atoms with van der Waals surface area (Å²) < 4.78 is 6.56. The van der Waals surface area contributed by atoms with E-state index in [1.807, 2.05) is 6.07 Å². The van der Waals surface area contributed by atoms with Gasteiger partial charge in [-0.25, -0.2) is 0 Å². The van der Waals surface area contributed by atoms with Crippen LogP contribution >= 0.6 is 0 Å². The van der Waals surface area contributed by atoms with Crippen molar-refractivity contribution < 1.29 is 4.42 Å². The molecule has 1 heterocycles. The summed E-state index contributed by atoms with van der Waals surface area (Å²) in [4.78, 5) is 2.44. The monoisotopic (exact) mass is 735 g/mol. The largest absolute Gasteiger partial charge is 0.455 e. The number of furan rings is 1. The lowest BCUT2D eigenvalue weighted by molar-refractivity contribution is 0.670. The third-order valence-electron chi connectivity index (χ3n) is 12.5. The molecule has 0 aliphatic heterocycles. The first-order valence-electron chi connectivity index (χ1n) is 20.0. The van der Waals surface area contributed by atoms with E-state index >= 15 is 0 Å². The lowest BCUT2D eigenvalue weighted by atomic mass is 9.87. The van der Waals surface area contributed by atoms with Gasteiger partial charge in [0.15, 0.2) is 0 Å². The predicted molar refractivity (Wildman–Crippen MR) is 248 cm³/mol. The molecule has 13 rings (SSSR count). The van der Waals surface area contributed by atoms with E-state index in [9.17, 15) is 0 Å². The zero-order chi connectivity index (χ0) is 37.9. The maximum Gasteiger partial charge on any atom is 0.143 e. The van der Waals surface area contributed by atoms with Crippen molar-refractivity contribution in [3.8, 4) is 11.1 Å². The molecular weight excluding hydrogens is 703 g/mol. The van der Waals surface area contributed by atoms with E-state index < -0.39 is 0 Å². The number of benzene rings is 11. The second-order valence-electron chi connectivity index (χ2n) is 15.6. The second-order valence-corrected chi connectivity index (χ2v) is 15.6. The molecule has 2 nitrogen and oxygen atoms in total. The van der Waals surface area contributed by atoms with E-state index in [-0.39, 0.29) is 0 Å². The highest BCUT2D eigenvalue weighted by Crippen LogP contribution is 2.47. The van der Waals surface area contributed by atoms with Crippen LogP contribution in [0.4, 0.5) is 17.1 Å². The van der Waals surface area contributed by atoms with E-state index in [1.54, 1.807) is 0 Å². The van der Waals surface area contributed by atoms with Crippen LogP contribution in [-0.4, -0.2) is 0 Å². The molecule has 0 saturated heterocycles. The summed E-state index contributed by atoms with van der Waals surface area (Å²) in [6.45, 7) is 0. The second kappa shape index (κ2) is 11.9. The molecule has 0 spiro atoms. The molecule has 268 valence electrons. The zero-order valence-corrected chi connectivity index (χ0v) is 31.4. The number of hydrogen-bond donors (Lipinski definition) is 0. The first-order chi connectivity index (χ1) is 28.7. The fourth-order valence-corrected chi connectivity index (χ4v) is 9.95. The summed E-state index contributed by atoms with van der Waals surface area (Å²) in [6.07, 6.45) is 0. The zero-order valence-electron chi connectivity index (χ0n) is 31.4. The first kappa shape index (κ1) is 31.5. The quantitative estimate of drug-likeness (QED) is 0.167. The smallest absolute Gasteiger partial charge is 0.143 e. The molecule has 0 aliphatic rings. The van der Waals surface area contributed by atoms with Gasteiger partial charge in [0.05, 0.1) is 0 Å². The number of rotatable bonds is 4. The van der Waals surface area contributed by atoms with Crippen LogP contribution in [0.2, 0.25) is 0 Å². The average Bonchev–Trinajstić information content (AvgIpc) is 3.67. The summed E-state index contributed by atoms with van der Waals surface area (Å²) in [7, 11) is 0. The van der Waals surface area contributed by atoms with Gasteiger partial charge in [-0.3, -0.25) is 0 Å². The van der Waals surface area contributed by atoms with Gasteiger partial charge in [-0.05, 0) is 123 Å². The summed E-state index contributed by atoms with van der Waals surface area (Å²) in [6, 6.07) is 73.6. The van der Waals surface area contributed by atoms with Crippen LogP contribution in [0.5, 0.6) is 0 Å². The molecule has 0 saturated carbocycles. The van der Waals surface area contributed by atoms with Crippen LogP contribution in [0.25, 0.3) is 108 Å². The lowest BCUT2D eigenvalue weighted by Crippen LogP contribution is -2.10. The van der Waals surface area contributed by atoms with Crippen molar-refractivity contribution in [2.75, 3.05) is 4.90 Å². The van der Waals surface area contributed by atoms with Gasteiger partial charge in [0.2, 0.25) is 0 Å². The maximum absolute atomic E-state index is 6.56. The van der Waals surface area contributed by atoms with E-state index in [2.05, 4.69) is 199 Å². The number of anilines is 3.